The molecule has 3 rings (SSSR count). The highest BCUT2D eigenvalue weighted by molar-refractivity contribution is 5.50. The summed E-state index contributed by atoms with van der Waals surface area (Å²) >= 11 is 0. The van der Waals surface area contributed by atoms with Crippen LogP contribution in [0.2, 0.25) is 0 Å². The van der Waals surface area contributed by atoms with E-state index in [9.17, 15) is 5.11 Å². The number of fused-ring (bicyclic) bond motifs is 1. The van der Waals surface area contributed by atoms with Crippen LogP contribution in [-0.4, -0.2) is 29.8 Å². The minimum absolute atomic E-state index is 0.372. The fraction of sp³-hybridized carbons (Fsp3) is 0.600. The van der Waals surface area contributed by atoms with Crippen LogP contribution in [0.15, 0.2) is 18.2 Å². The van der Waals surface area contributed by atoms with Gasteiger partial charge in [0.25, 0.3) is 0 Å². The summed E-state index contributed by atoms with van der Waals surface area (Å²) in [6, 6.07) is 5.71. The molecular weight excluding hydrogens is 224 g/mol. The second-order valence-electron chi connectivity index (χ2n) is 5.82. The number of phenols is 1. The number of rotatable bonds is 3. The molecule has 1 aliphatic heterocycles. The lowest BCUT2D eigenvalue weighted by atomic mass is 10.0. The normalized spacial score (nSPS) is 27.4. The molecule has 18 heavy (non-hydrogen) atoms. The molecule has 2 aliphatic rings. The molecule has 3 heteroatoms. The van der Waals surface area contributed by atoms with E-state index >= 15 is 0 Å². The van der Waals surface area contributed by atoms with E-state index in [4.69, 9.17) is 0 Å². The van der Waals surface area contributed by atoms with Crippen LogP contribution in [0, 0.1) is 18.8 Å². The van der Waals surface area contributed by atoms with Crippen LogP contribution >= 0.6 is 0 Å². The first-order valence-electron chi connectivity index (χ1n) is 6.98. The van der Waals surface area contributed by atoms with Crippen molar-refractivity contribution < 1.29 is 5.11 Å². The van der Waals surface area contributed by atoms with Gasteiger partial charge in [-0.2, -0.15) is 0 Å². The molecule has 1 heterocycles. The zero-order chi connectivity index (χ0) is 12.5. The lowest BCUT2D eigenvalue weighted by Gasteiger charge is -2.18. The molecule has 0 amide bonds. The third kappa shape index (κ3) is 2.32. The molecule has 1 aliphatic carbocycles. The number of benzene rings is 1. The predicted molar refractivity (Wildman–Crippen MR) is 73.7 cm³/mol. The van der Waals surface area contributed by atoms with Crippen LogP contribution in [0.25, 0.3) is 0 Å². The average Bonchev–Trinajstić information content (AvgIpc) is 2.91. The first-order valence-corrected chi connectivity index (χ1v) is 6.98. The zero-order valence-corrected chi connectivity index (χ0v) is 11.0. The van der Waals surface area contributed by atoms with Gasteiger partial charge in [0.1, 0.15) is 5.75 Å². The van der Waals surface area contributed by atoms with Crippen LogP contribution in [-0.2, 0) is 0 Å². The van der Waals surface area contributed by atoms with Crippen molar-refractivity contribution in [1.82, 2.24) is 4.90 Å². The zero-order valence-electron chi connectivity index (χ0n) is 11.0. The molecule has 0 aromatic heterocycles. The molecule has 2 atom stereocenters. The number of likely N-dealkylation sites (tertiary alicyclic amines) is 1. The Morgan fingerprint density at radius 1 is 1.28 bits per heavy atom. The molecule has 2 N–H and O–H groups in total. The molecule has 0 bridgehead atoms. The maximum absolute atomic E-state index is 9.49. The third-order valence-electron chi connectivity index (χ3n) is 4.51. The van der Waals surface area contributed by atoms with E-state index in [1.807, 2.05) is 19.1 Å². The van der Waals surface area contributed by atoms with Crippen molar-refractivity contribution in [2.24, 2.45) is 11.8 Å². The highest BCUT2D eigenvalue weighted by atomic mass is 16.3. The van der Waals surface area contributed by atoms with E-state index in [2.05, 4.69) is 10.2 Å². The Bertz CT molecular complexity index is 421. The van der Waals surface area contributed by atoms with Gasteiger partial charge in [0.15, 0.2) is 0 Å². The summed E-state index contributed by atoms with van der Waals surface area (Å²) in [5.41, 5.74) is 2.03. The number of nitrogens with zero attached hydrogens (tertiary/aromatic N) is 1. The van der Waals surface area contributed by atoms with E-state index in [0.29, 0.717) is 5.75 Å². The lowest BCUT2D eigenvalue weighted by Crippen LogP contribution is -2.27. The van der Waals surface area contributed by atoms with Crippen molar-refractivity contribution in [1.29, 1.82) is 0 Å². The van der Waals surface area contributed by atoms with E-state index in [0.717, 1.165) is 29.8 Å². The molecule has 0 radical (unpaired) electrons. The first kappa shape index (κ1) is 11.8. The molecule has 1 aromatic rings. The van der Waals surface area contributed by atoms with Gasteiger partial charge in [0.05, 0.1) is 6.67 Å². The van der Waals surface area contributed by atoms with Gasteiger partial charge in [0.2, 0.25) is 0 Å². The lowest BCUT2D eigenvalue weighted by molar-refractivity contribution is 0.333. The van der Waals surface area contributed by atoms with Gasteiger partial charge < -0.3 is 10.4 Å². The molecule has 1 saturated heterocycles. The minimum atomic E-state index is 0.372. The average molecular weight is 246 g/mol. The Labute approximate surface area is 109 Å². The quantitative estimate of drug-likeness (QED) is 0.805. The summed E-state index contributed by atoms with van der Waals surface area (Å²) in [5.74, 6) is 2.28. The highest BCUT2D eigenvalue weighted by Gasteiger charge is 2.35. The summed E-state index contributed by atoms with van der Waals surface area (Å²) in [5, 5.41) is 13.0. The van der Waals surface area contributed by atoms with Crippen LogP contribution in [0.4, 0.5) is 5.69 Å². The van der Waals surface area contributed by atoms with Gasteiger partial charge >= 0.3 is 0 Å². The summed E-state index contributed by atoms with van der Waals surface area (Å²) in [6.45, 7) is 5.38. The van der Waals surface area contributed by atoms with Gasteiger partial charge in [-0.15, -0.1) is 0 Å². The Hall–Kier alpha value is -1.22. The largest absolute Gasteiger partial charge is 0.508 e. The van der Waals surface area contributed by atoms with Crippen LogP contribution < -0.4 is 5.32 Å². The molecule has 2 fully saturated rings. The molecule has 1 saturated carbocycles. The summed E-state index contributed by atoms with van der Waals surface area (Å²) < 4.78 is 0. The van der Waals surface area contributed by atoms with Gasteiger partial charge in [-0.25, -0.2) is 0 Å². The maximum Gasteiger partial charge on any atom is 0.118 e. The molecule has 2 unspecified atom stereocenters. The number of aryl methyl sites for hydroxylation is 1. The Morgan fingerprint density at radius 2 is 2.00 bits per heavy atom. The monoisotopic (exact) mass is 246 g/mol. The third-order valence-corrected chi connectivity index (χ3v) is 4.51. The van der Waals surface area contributed by atoms with Gasteiger partial charge in [0, 0.05) is 18.8 Å². The Balaban J connectivity index is 1.54. The molecule has 98 valence electrons. The molecule has 1 aromatic carbocycles. The van der Waals surface area contributed by atoms with Crippen molar-refractivity contribution >= 4 is 5.69 Å². The van der Waals surface area contributed by atoms with Crippen LogP contribution in [0.3, 0.4) is 0 Å². The highest BCUT2D eigenvalue weighted by Crippen LogP contribution is 2.37. The van der Waals surface area contributed by atoms with Crippen molar-refractivity contribution in [3.05, 3.63) is 23.8 Å². The standard InChI is InChI=1S/C15H22N2O/c1-11-7-14(5-6-15(11)18)16-10-17-8-12-3-2-4-13(12)9-17/h5-7,12-13,16,18H,2-4,8-10H2,1H3. The van der Waals surface area contributed by atoms with Crippen molar-refractivity contribution in [3.63, 3.8) is 0 Å². The number of anilines is 1. The van der Waals surface area contributed by atoms with Gasteiger partial charge in [-0.05, 0) is 55.4 Å². The van der Waals surface area contributed by atoms with E-state index in [1.54, 1.807) is 6.07 Å². The van der Waals surface area contributed by atoms with E-state index in [1.165, 1.54) is 32.4 Å². The predicted octanol–water partition coefficient (Wildman–Crippen LogP) is 2.80. The maximum atomic E-state index is 9.49. The number of phenolic OH excluding ortho intramolecular Hbond substituents is 1. The smallest absolute Gasteiger partial charge is 0.118 e. The molecule has 3 nitrogen and oxygen atoms in total. The number of nitrogens with one attached hydrogen (secondary N) is 1. The second-order valence-corrected chi connectivity index (χ2v) is 5.82. The molecular formula is C15H22N2O. The second kappa shape index (κ2) is 4.81. The van der Waals surface area contributed by atoms with Crippen molar-refractivity contribution in [3.8, 4) is 5.75 Å². The summed E-state index contributed by atoms with van der Waals surface area (Å²) in [7, 11) is 0. The van der Waals surface area contributed by atoms with Gasteiger partial charge in [-0.1, -0.05) is 6.42 Å². The van der Waals surface area contributed by atoms with Crippen LogP contribution in [0.5, 0.6) is 5.75 Å². The number of aromatic hydroxyl groups is 1. The van der Waals surface area contributed by atoms with E-state index < -0.39 is 0 Å². The van der Waals surface area contributed by atoms with Crippen LogP contribution in [0.1, 0.15) is 24.8 Å². The Kier molecular flexibility index (Phi) is 3.16. The fourth-order valence-electron chi connectivity index (χ4n) is 3.43. The molecule has 0 spiro atoms. The van der Waals surface area contributed by atoms with E-state index in [-0.39, 0.29) is 0 Å². The van der Waals surface area contributed by atoms with Gasteiger partial charge in [-0.3, -0.25) is 4.90 Å². The Morgan fingerprint density at radius 3 is 2.67 bits per heavy atom. The number of hydrogen-bond donors (Lipinski definition) is 2. The summed E-state index contributed by atoms with van der Waals surface area (Å²) in [6.07, 6.45) is 4.30. The number of hydrogen-bond acceptors (Lipinski definition) is 3. The summed E-state index contributed by atoms with van der Waals surface area (Å²) in [4.78, 5) is 2.52. The topological polar surface area (TPSA) is 35.5 Å². The SMILES string of the molecule is Cc1cc(NCN2CC3CCCC3C2)ccc1O. The fourth-order valence-corrected chi connectivity index (χ4v) is 3.43. The minimum Gasteiger partial charge on any atom is -0.508 e. The first-order chi connectivity index (χ1) is 8.72. The van der Waals surface area contributed by atoms with Crippen molar-refractivity contribution in [2.75, 3.05) is 25.1 Å². The van der Waals surface area contributed by atoms with Crippen molar-refractivity contribution in [2.45, 2.75) is 26.2 Å².